The number of rotatable bonds is 5. The molecule has 0 aromatic carbocycles. The first-order valence-electron chi connectivity index (χ1n) is 7.62. The van der Waals surface area contributed by atoms with Crippen molar-refractivity contribution in [3.05, 3.63) is 30.1 Å². The van der Waals surface area contributed by atoms with E-state index in [4.69, 9.17) is 0 Å². The summed E-state index contributed by atoms with van der Waals surface area (Å²) in [7, 11) is 0. The standard InChI is InChI=1S/C16H27N3/c1-14(2)19-11-4-6-16(8-12-19)18-10-7-15-5-3-9-17-13-15/h3,5,9,13-14,16,18H,4,6-8,10-12H2,1-2H3. The molecule has 2 heterocycles. The van der Waals surface area contributed by atoms with E-state index in [1.165, 1.54) is 37.9 Å². The lowest BCUT2D eigenvalue weighted by molar-refractivity contribution is 0.229. The van der Waals surface area contributed by atoms with Gasteiger partial charge in [0, 0.05) is 24.5 Å². The summed E-state index contributed by atoms with van der Waals surface area (Å²) in [5.41, 5.74) is 1.33. The fourth-order valence-corrected chi connectivity index (χ4v) is 2.81. The molecule has 0 amide bonds. The van der Waals surface area contributed by atoms with Crippen LogP contribution < -0.4 is 5.32 Å². The Morgan fingerprint density at radius 2 is 2.26 bits per heavy atom. The van der Waals surface area contributed by atoms with E-state index in [-0.39, 0.29) is 0 Å². The molecular weight excluding hydrogens is 234 g/mol. The lowest BCUT2D eigenvalue weighted by atomic mass is 10.1. The molecule has 0 spiro atoms. The van der Waals surface area contributed by atoms with Crippen molar-refractivity contribution in [1.82, 2.24) is 15.2 Å². The highest BCUT2D eigenvalue weighted by atomic mass is 15.1. The van der Waals surface area contributed by atoms with Gasteiger partial charge < -0.3 is 10.2 Å². The normalized spacial score (nSPS) is 21.5. The van der Waals surface area contributed by atoms with E-state index in [0.717, 1.165) is 13.0 Å². The van der Waals surface area contributed by atoms with Gasteiger partial charge in [-0.25, -0.2) is 0 Å². The Hall–Kier alpha value is -0.930. The van der Waals surface area contributed by atoms with Crippen molar-refractivity contribution in [2.24, 2.45) is 0 Å². The van der Waals surface area contributed by atoms with Crippen molar-refractivity contribution < 1.29 is 0 Å². The number of nitrogens with zero attached hydrogens (tertiary/aromatic N) is 2. The maximum atomic E-state index is 4.16. The van der Waals surface area contributed by atoms with Gasteiger partial charge in [-0.05, 0) is 70.8 Å². The Bertz CT molecular complexity index is 350. The topological polar surface area (TPSA) is 28.2 Å². The van der Waals surface area contributed by atoms with Gasteiger partial charge in [0.1, 0.15) is 0 Å². The molecule has 1 aromatic rings. The van der Waals surface area contributed by atoms with Gasteiger partial charge in [-0.15, -0.1) is 0 Å². The molecular formula is C16H27N3. The molecule has 0 bridgehead atoms. The molecule has 106 valence electrons. The van der Waals surface area contributed by atoms with E-state index >= 15 is 0 Å². The summed E-state index contributed by atoms with van der Waals surface area (Å²) < 4.78 is 0. The van der Waals surface area contributed by atoms with Crippen LogP contribution in [0.5, 0.6) is 0 Å². The fourth-order valence-electron chi connectivity index (χ4n) is 2.81. The third-order valence-electron chi connectivity index (χ3n) is 4.06. The molecule has 1 fully saturated rings. The van der Waals surface area contributed by atoms with Crippen LogP contribution >= 0.6 is 0 Å². The van der Waals surface area contributed by atoms with Gasteiger partial charge in [-0.1, -0.05) is 6.07 Å². The third kappa shape index (κ3) is 4.92. The molecule has 1 N–H and O–H groups in total. The maximum absolute atomic E-state index is 4.16. The molecule has 3 nitrogen and oxygen atoms in total. The Morgan fingerprint density at radius 3 is 3.00 bits per heavy atom. The van der Waals surface area contributed by atoms with Crippen LogP contribution in [0.1, 0.15) is 38.7 Å². The van der Waals surface area contributed by atoms with Crippen LogP contribution in [-0.2, 0) is 6.42 Å². The average molecular weight is 261 g/mol. The van der Waals surface area contributed by atoms with E-state index in [0.29, 0.717) is 12.1 Å². The lowest BCUT2D eigenvalue weighted by Gasteiger charge is -2.24. The third-order valence-corrected chi connectivity index (χ3v) is 4.06. The minimum Gasteiger partial charge on any atom is -0.314 e. The minimum atomic E-state index is 0.689. The zero-order chi connectivity index (χ0) is 13.5. The zero-order valence-corrected chi connectivity index (χ0v) is 12.3. The van der Waals surface area contributed by atoms with Gasteiger partial charge in [0.05, 0.1) is 0 Å². The van der Waals surface area contributed by atoms with Crippen LogP contribution in [0.3, 0.4) is 0 Å². The smallest absolute Gasteiger partial charge is 0.0300 e. The highest BCUT2D eigenvalue weighted by molar-refractivity contribution is 5.08. The van der Waals surface area contributed by atoms with Gasteiger partial charge in [-0.2, -0.15) is 0 Å². The summed E-state index contributed by atoms with van der Waals surface area (Å²) >= 11 is 0. The predicted octanol–water partition coefficient (Wildman–Crippen LogP) is 2.48. The van der Waals surface area contributed by atoms with Gasteiger partial charge in [-0.3, -0.25) is 4.98 Å². The Balaban J connectivity index is 1.69. The second-order valence-electron chi connectivity index (χ2n) is 5.82. The zero-order valence-electron chi connectivity index (χ0n) is 12.3. The maximum Gasteiger partial charge on any atom is 0.0300 e. The quantitative estimate of drug-likeness (QED) is 0.882. The molecule has 1 saturated heterocycles. The molecule has 3 heteroatoms. The van der Waals surface area contributed by atoms with Crippen molar-refractivity contribution in [2.45, 2.75) is 51.6 Å². The second kappa shape index (κ2) is 7.61. The van der Waals surface area contributed by atoms with E-state index in [2.05, 4.69) is 35.1 Å². The van der Waals surface area contributed by atoms with Gasteiger partial charge >= 0.3 is 0 Å². The predicted molar refractivity (Wildman–Crippen MR) is 80.3 cm³/mol. The second-order valence-corrected chi connectivity index (χ2v) is 5.82. The number of aromatic nitrogens is 1. The van der Waals surface area contributed by atoms with Crippen molar-refractivity contribution in [3.63, 3.8) is 0 Å². The number of hydrogen-bond donors (Lipinski definition) is 1. The molecule has 2 rings (SSSR count). The highest BCUT2D eigenvalue weighted by Gasteiger charge is 2.17. The number of hydrogen-bond acceptors (Lipinski definition) is 3. The lowest BCUT2D eigenvalue weighted by Crippen LogP contribution is -2.34. The Labute approximate surface area is 117 Å². The van der Waals surface area contributed by atoms with Crippen molar-refractivity contribution in [3.8, 4) is 0 Å². The van der Waals surface area contributed by atoms with E-state index < -0.39 is 0 Å². The molecule has 1 atom stereocenters. The molecule has 0 aliphatic carbocycles. The summed E-state index contributed by atoms with van der Waals surface area (Å²) in [6.45, 7) is 8.17. The summed E-state index contributed by atoms with van der Waals surface area (Å²) in [6, 6.07) is 5.55. The average Bonchev–Trinajstić information content (AvgIpc) is 2.66. The fraction of sp³-hybridized carbons (Fsp3) is 0.688. The highest BCUT2D eigenvalue weighted by Crippen LogP contribution is 2.13. The van der Waals surface area contributed by atoms with Crippen LogP contribution in [0.4, 0.5) is 0 Å². The van der Waals surface area contributed by atoms with Crippen LogP contribution in [0.25, 0.3) is 0 Å². The van der Waals surface area contributed by atoms with Gasteiger partial charge in [0.25, 0.3) is 0 Å². The summed E-state index contributed by atoms with van der Waals surface area (Å²) in [5.74, 6) is 0. The van der Waals surface area contributed by atoms with Gasteiger partial charge in [0.2, 0.25) is 0 Å². The monoisotopic (exact) mass is 261 g/mol. The van der Waals surface area contributed by atoms with Crippen LogP contribution in [0.15, 0.2) is 24.5 Å². The van der Waals surface area contributed by atoms with Crippen molar-refractivity contribution >= 4 is 0 Å². The van der Waals surface area contributed by atoms with E-state index in [1.54, 1.807) is 0 Å². The first-order chi connectivity index (χ1) is 9.25. The van der Waals surface area contributed by atoms with Crippen molar-refractivity contribution in [2.75, 3.05) is 19.6 Å². The summed E-state index contributed by atoms with van der Waals surface area (Å²) in [5, 5.41) is 3.72. The largest absolute Gasteiger partial charge is 0.314 e. The van der Waals surface area contributed by atoms with Gasteiger partial charge in [0.15, 0.2) is 0 Å². The molecule has 1 aromatic heterocycles. The Kier molecular flexibility index (Phi) is 5.80. The first-order valence-corrected chi connectivity index (χ1v) is 7.62. The van der Waals surface area contributed by atoms with E-state index in [9.17, 15) is 0 Å². The van der Waals surface area contributed by atoms with Crippen LogP contribution in [-0.4, -0.2) is 41.6 Å². The first kappa shape index (κ1) is 14.5. The van der Waals surface area contributed by atoms with Crippen LogP contribution in [0, 0.1) is 0 Å². The summed E-state index contributed by atoms with van der Waals surface area (Å²) in [4.78, 5) is 6.76. The molecule has 1 aliphatic heterocycles. The molecule has 0 saturated carbocycles. The summed E-state index contributed by atoms with van der Waals surface area (Å²) in [6.07, 6.45) is 8.81. The molecule has 0 radical (unpaired) electrons. The van der Waals surface area contributed by atoms with E-state index in [1.807, 2.05) is 18.5 Å². The minimum absolute atomic E-state index is 0.689. The number of likely N-dealkylation sites (tertiary alicyclic amines) is 1. The SMILES string of the molecule is CC(C)N1CCCC(NCCc2cccnc2)CC1. The molecule has 1 aliphatic rings. The number of nitrogens with one attached hydrogen (secondary N) is 1. The Morgan fingerprint density at radius 1 is 1.37 bits per heavy atom. The van der Waals surface area contributed by atoms with Crippen LogP contribution in [0.2, 0.25) is 0 Å². The molecule has 19 heavy (non-hydrogen) atoms. The van der Waals surface area contributed by atoms with Crippen molar-refractivity contribution in [1.29, 1.82) is 0 Å². The molecule has 1 unspecified atom stereocenters. The number of pyridine rings is 1.